The molecule has 3 aromatic rings. The van der Waals surface area contributed by atoms with Gasteiger partial charge in [-0.05, 0) is 52.7 Å². The predicted molar refractivity (Wildman–Crippen MR) is 88.6 cm³/mol. The van der Waals surface area contributed by atoms with Gasteiger partial charge in [-0.3, -0.25) is 4.57 Å². The van der Waals surface area contributed by atoms with Crippen LogP contribution in [0.4, 0.5) is 0 Å². The van der Waals surface area contributed by atoms with Crippen LogP contribution < -0.4 is 0 Å². The maximum absolute atomic E-state index is 6.04. The van der Waals surface area contributed by atoms with Gasteiger partial charge in [0.15, 0.2) is 5.65 Å². The van der Waals surface area contributed by atoms with Crippen LogP contribution in [0.15, 0.2) is 39.4 Å². The van der Waals surface area contributed by atoms with Crippen LogP contribution in [0.3, 0.4) is 0 Å². The molecule has 0 bridgehead atoms. The Balaban J connectivity index is 2.34. The lowest BCUT2D eigenvalue weighted by Crippen LogP contribution is -2.01. The van der Waals surface area contributed by atoms with Crippen LogP contribution >= 0.6 is 43.5 Å². The number of pyridine rings is 1. The Morgan fingerprint density at radius 3 is 2.75 bits per heavy atom. The molecule has 3 nitrogen and oxygen atoms in total. The lowest BCUT2D eigenvalue weighted by atomic mass is 10.3. The molecule has 0 atom stereocenters. The van der Waals surface area contributed by atoms with Crippen molar-refractivity contribution in [1.82, 2.24) is 14.5 Å². The average molecular weight is 416 g/mol. The number of nitrogens with zero attached hydrogens (tertiary/aromatic N) is 3. The van der Waals surface area contributed by atoms with Crippen molar-refractivity contribution in [2.45, 2.75) is 12.8 Å². The SMILES string of the molecule is Cc1cnc2c(c1)nc(CCl)n2-c1ccc(Br)cc1Br. The zero-order chi connectivity index (χ0) is 14.3. The predicted octanol–water partition coefficient (Wildman–Crippen LogP) is 4.99. The van der Waals surface area contributed by atoms with Gasteiger partial charge in [0.1, 0.15) is 11.3 Å². The van der Waals surface area contributed by atoms with Crippen LogP contribution in [0.2, 0.25) is 0 Å². The fourth-order valence-electron chi connectivity index (χ4n) is 2.12. The molecular weight excluding hydrogens is 405 g/mol. The highest BCUT2D eigenvalue weighted by molar-refractivity contribution is 9.11. The van der Waals surface area contributed by atoms with E-state index in [1.807, 2.05) is 42.0 Å². The van der Waals surface area contributed by atoms with Crippen LogP contribution in [-0.4, -0.2) is 14.5 Å². The topological polar surface area (TPSA) is 30.7 Å². The molecule has 20 heavy (non-hydrogen) atoms. The van der Waals surface area contributed by atoms with E-state index >= 15 is 0 Å². The summed E-state index contributed by atoms with van der Waals surface area (Å²) in [5, 5.41) is 0. The molecule has 0 fully saturated rings. The Kier molecular flexibility index (Phi) is 3.84. The molecule has 0 amide bonds. The van der Waals surface area contributed by atoms with Crippen LogP contribution in [0, 0.1) is 6.92 Å². The van der Waals surface area contributed by atoms with Crippen molar-refractivity contribution < 1.29 is 0 Å². The van der Waals surface area contributed by atoms with Gasteiger partial charge in [-0.2, -0.15) is 0 Å². The highest BCUT2D eigenvalue weighted by Gasteiger charge is 2.15. The molecule has 6 heteroatoms. The summed E-state index contributed by atoms with van der Waals surface area (Å²) >= 11 is 13.1. The summed E-state index contributed by atoms with van der Waals surface area (Å²) in [5.41, 5.74) is 3.73. The first-order chi connectivity index (χ1) is 9.60. The second-order valence-corrected chi connectivity index (χ2v) is 6.49. The van der Waals surface area contributed by atoms with E-state index in [9.17, 15) is 0 Å². The molecule has 2 heterocycles. The van der Waals surface area contributed by atoms with Gasteiger partial charge in [0.05, 0.1) is 11.6 Å². The van der Waals surface area contributed by atoms with Crippen LogP contribution in [-0.2, 0) is 5.88 Å². The third kappa shape index (κ3) is 2.38. The van der Waals surface area contributed by atoms with Crippen LogP contribution in [0.5, 0.6) is 0 Å². The Labute approximate surface area is 138 Å². The zero-order valence-electron chi connectivity index (χ0n) is 10.6. The van der Waals surface area contributed by atoms with Crippen molar-refractivity contribution in [1.29, 1.82) is 0 Å². The van der Waals surface area contributed by atoms with Gasteiger partial charge in [0.25, 0.3) is 0 Å². The van der Waals surface area contributed by atoms with Crippen molar-refractivity contribution in [2.24, 2.45) is 0 Å². The Hall–Kier alpha value is -0.910. The van der Waals surface area contributed by atoms with Crippen LogP contribution in [0.1, 0.15) is 11.4 Å². The second kappa shape index (κ2) is 5.47. The van der Waals surface area contributed by atoms with E-state index in [-0.39, 0.29) is 0 Å². The summed E-state index contributed by atoms with van der Waals surface area (Å²) in [5.74, 6) is 1.11. The maximum Gasteiger partial charge on any atom is 0.164 e. The number of imidazole rings is 1. The molecule has 102 valence electrons. The maximum atomic E-state index is 6.04. The number of alkyl halides is 1. The fraction of sp³-hybridized carbons (Fsp3) is 0.143. The van der Waals surface area contributed by atoms with Gasteiger partial charge in [-0.25, -0.2) is 9.97 Å². The van der Waals surface area contributed by atoms with E-state index in [0.29, 0.717) is 5.88 Å². The van der Waals surface area contributed by atoms with E-state index in [2.05, 4.69) is 41.8 Å². The third-order valence-corrected chi connectivity index (χ3v) is 4.34. The van der Waals surface area contributed by atoms with Crippen molar-refractivity contribution in [3.8, 4) is 5.69 Å². The second-order valence-electron chi connectivity index (χ2n) is 4.45. The number of rotatable bonds is 2. The largest absolute Gasteiger partial charge is 0.279 e. The molecule has 0 radical (unpaired) electrons. The molecular formula is C14H10Br2ClN3. The Morgan fingerprint density at radius 2 is 2.05 bits per heavy atom. The van der Waals surface area contributed by atoms with Gasteiger partial charge in [-0.1, -0.05) is 15.9 Å². The highest BCUT2D eigenvalue weighted by atomic mass is 79.9. The number of halogens is 3. The van der Waals surface area contributed by atoms with E-state index in [1.165, 1.54) is 0 Å². The lowest BCUT2D eigenvalue weighted by molar-refractivity contribution is 0.964. The number of fused-ring (bicyclic) bond motifs is 1. The minimum absolute atomic E-state index is 0.331. The smallest absolute Gasteiger partial charge is 0.164 e. The fourth-order valence-corrected chi connectivity index (χ4v) is 3.52. The summed E-state index contributed by atoms with van der Waals surface area (Å²) in [6.45, 7) is 2.00. The number of hydrogen-bond donors (Lipinski definition) is 0. The Bertz CT molecular complexity index is 798. The summed E-state index contributed by atoms with van der Waals surface area (Å²) in [7, 11) is 0. The molecule has 3 rings (SSSR count). The van der Waals surface area contributed by atoms with Gasteiger partial charge in [0.2, 0.25) is 0 Å². The molecule has 0 aliphatic heterocycles. The Morgan fingerprint density at radius 1 is 1.25 bits per heavy atom. The van der Waals surface area contributed by atoms with E-state index in [0.717, 1.165) is 37.2 Å². The first kappa shape index (κ1) is 14.0. The average Bonchev–Trinajstić information content (AvgIpc) is 2.76. The van der Waals surface area contributed by atoms with Crippen molar-refractivity contribution >= 4 is 54.6 Å². The molecule has 0 saturated heterocycles. The molecule has 0 unspecified atom stereocenters. The molecule has 0 spiro atoms. The van der Waals surface area contributed by atoms with Crippen molar-refractivity contribution in [2.75, 3.05) is 0 Å². The van der Waals surface area contributed by atoms with Gasteiger partial charge in [-0.15, -0.1) is 11.6 Å². The highest BCUT2D eigenvalue weighted by Crippen LogP contribution is 2.29. The monoisotopic (exact) mass is 413 g/mol. The number of hydrogen-bond acceptors (Lipinski definition) is 2. The number of aromatic nitrogens is 3. The van der Waals surface area contributed by atoms with Gasteiger partial charge < -0.3 is 0 Å². The van der Waals surface area contributed by atoms with Crippen molar-refractivity contribution in [3.63, 3.8) is 0 Å². The molecule has 0 aliphatic rings. The van der Waals surface area contributed by atoms with Crippen LogP contribution in [0.25, 0.3) is 16.9 Å². The third-order valence-electron chi connectivity index (χ3n) is 2.97. The zero-order valence-corrected chi connectivity index (χ0v) is 14.5. The minimum atomic E-state index is 0.331. The normalized spacial score (nSPS) is 11.2. The van der Waals surface area contributed by atoms with Gasteiger partial charge in [0, 0.05) is 15.1 Å². The minimum Gasteiger partial charge on any atom is -0.279 e. The summed E-state index contributed by atoms with van der Waals surface area (Å²) in [6.07, 6.45) is 1.84. The standard InChI is InChI=1S/C14H10Br2ClN3/c1-8-4-11-14(18-7-8)20(13(6-17)19-11)12-3-2-9(15)5-10(12)16/h2-5,7H,6H2,1H3. The number of aryl methyl sites for hydroxylation is 1. The summed E-state index contributed by atoms with van der Waals surface area (Å²) < 4.78 is 3.95. The number of benzene rings is 1. The first-order valence-corrected chi connectivity index (χ1v) is 8.07. The van der Waals surface area contributed by atoms with E-state index < -0.39 is 0 Å². The summed E-state index contributed by atoms with van der Waals surface area (Å²) in [6, 6.07) is 8.00. The van der Waals surface area contributed by atoms with E-state index in [4.69, 9.17) is 11.6 Å². The molecule has 0 N–H and O–H groups in total. The summed E-state index contributed by atoms with van der Waals surface area (Å²) in [4.78, 5) is 9.07. The first-order valence-electron chi connectivity index (χ1n) is 5.95. The molecule has 2 aromatic heterocycles. The van der Waals surface area contributed by atoms with Gasteiger partial charge >= 0.3 is 0 Å². The van der Waals surface area contributed by atoms with Crippen molar-refractivity contribution in [3.05, 3.63) is 50.8 Å². The van der Waals surface area contributed by atoms with E-state index in [1.54, 1.807) is 0 Å². The molecule has 0 saturated carbocycles. The lowest BCUT2D eigenvalue weighted by Gasteiger charge is -2.09. The molecule has 0 aliphatic carbocycles. The quantitative estimate of drug-likeness (QED) is 0.552. The molecule has 1 aromatic carbocycles.